The molecule has 38 heavy (non-hydrogen) atoms. The number of likely N-dealkylation sites (tertiary alicyclic amines) is 1. The van der Waals surface area contributed by atoms with Crippen molar-refractivity contribution < 1.29 is 18.7 Å². The number of fused-ring (bicyclic) bond motifs is 1. The number of benzene rings is 3. The highest BCUT2D eigenvalue weighted by atomic mass is 19.1. The fraction of sp³-hybridized carbons (Fsp3) is 0.355. The minimum atomic E-state index is -0.593. The lowest BCUT2D eigenvalue weighted by molar-refractivity contribution is -0.124. The van der Waals surface area contributed by atoms with Gasteiger partial charge in [-0.3, -0.25) is 9.59 Å². The van der Waals surface area contributed by atoms with E-state index in [4.69, 9.17) is 4.74 Å². The van der Waals surface area contributed by atoms with Crippen LogP contribution in [0.2, 0.25) is 0 Å². The maximum atomic E-state index is 13.9. The third kappa shape index (κ3) is 5.58. The highest BCUT2D eigenvalue weighted by Gasteiger charge is 2.44. The summed E-state index contributed by atoms with van der Waals surface area (Å²) in [5, 5.41) is 3.17. The van der Waals surface area contributed by atoms with Crippen LogP contribution in [-0.2, 0) is 11.3 Å². The number of carbonyl (C=O) groups excluding carboxylic acids is 2. The topological polar surface area (TPSA) is 61.9 Å². The van der Waals surface area contributed by atoms with Gasteiger partial charge in [-0.1, -0.05) is 42.5 Å². The average Bonchev–Trinajstić information content (AvgIpc) is 3.47. The molecule has 0 spiro atoms. The summed E-state index contributed by atoms with van der Waals surface area (Å²) in [6.07, 6.45) is 3.37. The van der Waals surface area contributed by atoms with Crippen LogP contribution in [0.15, 0.2) is 72.8 Å². The normalized spacial score (nSPS) is 19.3. The summed E-state index contributed by atoms with van der Waals surface area (Å²) in [4.78, 5) is 31.9. The number of amides is 2. The molecule has 0 bridgehead atoms. The fourth-order valence-electron chi connectivity index (χ4n) is 5.64. The zero-order chi connectivity index (χ0) is 26.5. The van der Waals surface area contributed by atoms with Gasteiger partial charge in [0.1, 0.15) is 11.6 Å². The van der Waals surface area contributed by atoms with E-state index in [2.05, 4.69) is 10.2 Å². The van der Waals surface area contributed by atoms with E-state index in [0.717, 1.165) is 42.7 Å². The van der Waals surface area contributed by atoms with Crippen LogP contribution >= 0.6 is 0 Å². The van der Waals surface area contributed by atoms with Crippen molar-refractivity contribution >= 4 is 11.8 Å². The van der Waals surface area contributed by atoms with E-state index in [0.29, 0.717) is 17.9 Å². The first-order valence-corrected chi connectivity index (χ1v) is 13.3. The van der Waals surface area contributed by atoms with E-state index in [9.17, 15) is 14.0 Å². The number of ether oxygens (including phenoxy) is 1. The summed E-state index contributed by atoms with van der Waals surface area (Å²) in [6.45, 7) is 4.06. The molecule has 2 amide bonds. The van der Waals surface area contributed by atoms with Gasteiger partial charge >= 0.3 is 0 Å². The maximum Gasteiger partial charge on any atom is 0.255 e. The molecule has 3 aromatic rings. The van der Waals surface area contributed by atoms with Gasteiger partial charge in [0.2, 0.25) is 5.91 Å². The Morgan fingerprint density at radius 3 is 2.42 bits per heavy atom. The number of nitrogens with zero attached hydrogens (tertiary/aromatic N) is 2. The zero-order valence-corrected chi connectivity index (χ0v) is 21.7. The van der Waals surface area contributed by atoms with Gasteiger partial charge < -0.3 is 19.9 Å². The predicted octanol–water partition coefficient (Wildman–Crippen LogP) is 4.92. The monoisotopic (exact) mass is 515 g/mol. The summed E-state index contributed by atoms with van der Waals surface area (Å²) in [5.41, 5.74) is 2.89. The van der Waals surface area contributed by atoms with Gasteiger partial charge in [0, 0.05) is 18.7 Å². The van der Waals surface area contributed by atoms with E-state index >= 15 is 0 Å². The Morgan fingerprint density at radius 1 is 1.00 bits per heavy atom. The van der Waals surface area contributed by atoms with Crippen LogP contribution in [0.25, 0.3) is 0 Å². The lowest BCUT2D eigenvalue weighted by atomic mass is 9.79. The van der Waals surface area contributed by atoms with Crippen LogP contribution in [0.1, 0.15) is 58.3 Å². The highest BCUT2D eigenvalue weighted by molar-refractivity contribution is 6.01. The molecule has 6 nitrogen and oxygen atoms in total. The number of methoxy groups -OCH3 is 1. The van der Waals surface area contributed by atoms with Gasteiger partial charge in [0.25, 0.3) is 5.91 Å². The van der Waals surface area contributed by atoms with Crippen molar-refractivity contribution in [2.75, 3.05) is 33.3 Å². The first kappa shape index (κ1) is 25.9. The maximum absolute atomic E-state index is 13.9. The van der Waals surface area contributed by atoms with Crippen LogP contribution in [-0.4, -0.2) is 54.9 Å². The first-order chi connectivity index (χ1) is 18.5. The van der Waals surface area contributed by atoms with Crippen molar-refractivity contribution in [1.82, 2.24) is 15.1 Å². The summed E-state index contributed by atoms with van der Waals surface area (Å²) in [7, 11) is 1.61. The van der Waals surface area contributed by atoms with Crippen LogP contribution in [0.4, 0.5) is 4.39 Å². The number of hydrogen-bond donors (Lipinski definition) is 1. The molecule has 1 saturated heterocycles. The van der Waals surface area contributed by atoms with Gasteiger partial charge in [-0.2, -0.15) is 0 Å². The van der Waals surface area contributed by atoms with E-state index in [1.54, 1.807) is 30.2 Å². The molecule has 2 atom stereocenters. The number of carbonyl (C=O) groups is 2. The molecule has 0 saturated carbocycles. The second-order valence-corrected chi connectivity index (χ2v) is 10.0. The Labute approximate surface area is 223 Å². The van der Waals surface area contributed by atoms with Gasteiger partial charge in [-0.25, -0.2) is 4.39 Å². The number of hydrogen-bond acceptors (Lipinski definition) is 4. The number of halogens is 1. The molecule has 2 unspecified atom stereocenters. The number of rotatable bonds is 9. The molecule has 0 aliphatic carbocycles. The molecule has 1 fully saturated rings. The van der Waals surface area contributed by atoms with Crippen LogP contribution in [0.3, 0.4) is 0 Å². The Morgan fingerprint density at radius 2 is 1.71 bits per heavy atom. The minimum Gasteiger partial charge on any atom is -0.497 e. The molecule has 5 rings (SSSR count). The smallest absolute Gasteiger partial charge is 0.255 e. The molecule has 7 heteroatoms. The van der Waals surface area contributed by atoms with Gasteiger partial charge in [0.05, 0.1) is 19.1 Å². The lowest BCUT2D eigenvalue weighted by Crippen LogP contribution is -2.47. The molecule has 0 aromatic heterocycles. The van der Waals surface area contributed by atoms with Crippen LogP contribution in [0, 0.1) is 5.82 Å². The molecule has 2 aliphatic heterocycles. The third-order valence-electron chi connectivity index (χ3n) is 7.59. The molecule has 2 aliphatic rings. The summed E-state index contributed by atoms with van der Waals surface area (Å²) >= 11 is 0. The predicted molar refractivity (Wildman–Crippen MR) is 144 cm³/mol. The van der Waals surface area contributed by atoms with Crippen molar-refractivity contribution in [3.8, 4) is 5.75 Å². The molecule has 2 heterocycles. The van der Waals surface area contributed by atoms with Gasteiger partial charge in [-0.15, -0.1) is 0 Å². The molecule has 3 aromatic carbocycles. The molecule has 1 N–H and O–H groups in total. The van der Waals surface area contributed by atoms with Crippen molar-refractivity contribution in [3.05, 3.63) is 101 Å². The average molecular weight is 516 g/mol. The Kier molecular flexibility index (Phi) is 8.03. The quantitative estimate of drug-likeness (QED) is 0.411. The summed E-state index contributed by atoms with van der Waals surface area (Å²) in [6, 6.07) is 20.5. The van der Waals surface area contributed by atoms with Gasteiger partial charge in [0.15, 0.2) is 0 Å². The lowest BCUT2D eigenvalue weighted by Gasteiger charge is -2.42. The Bertz CT molecular complexity index is 1260. The second kappa shape index (κ2) is 11.8. The fourth-order valence-corrected chi connectivity index (χ4v) is 5.64. The molecular weight excluding hydrogens is 481 g/mol. The van der Waals surface area contributed by atoms with E-state index in [1.165, 1.54) is 25.0 Å². The molecule has 198 valence electrons. The van der Waals surface area contributed by atoms with Crippen LogP contribution < -0.4 is 10.1 Å². The Balaban J connectivity index is 1.48. The van der Waals surface area contributed by atoms with E-state index in [-0.39, 0.29) is 24.2 Å². The van der Waals surface area contributed by atoms with E-state index in [1.807, 2.05) is 42.5 Å². The summed E-state index contributed by atoms with van der Waals surface area (Å²) < 4.78 is 19.0. The standard InChI is InChI=1S/C31H34FN3O3/c1-38-25-15-11-23(12-16-25)29-28(30(36)33-17-6-20-34-18-4-5-19-34)26-7-2-3-8-27(26)31(37)35(29)21-22-9-13-24(32)14-10-22/h2-3,7-16,28-29H,4-6,17-21H2,1H3,(H,33,36). The van der Waals surface area contributed by atoms with Gasteiger partial charge in [-0.05, 0) is 85.9 Å². The Hall–Kier alpha value is -3.71. The van der Waals surface area contributed by atoms with Crippen LogP contribution in [0.5, 0.6) is 5.75 Å². The van der Waals surface area contributed by atoms with E-state index < -0.39 is 12.0 Å². The van der Waals surface area contributed by atoms with Crippen molar-refractivity contribution in [1.29, 1.82) is 0 Å². The SMILES string of the molecule is COc1ccc(C2C(C(=O)NCCCN3CCCC3)c3ccccc3C(=O)N2Cc2ccc(F)cc2)cc1. The summed E-state index contributed by atoms with van der Waals surface area (Å²) in [5.74, 6) is -0.476. The molecule has 0 radical (unpaired) electrons. The second-order valence-electron chi connectivity index (χ2n) is 10.0. The first-order valence-electron chi connectivity index (χ1n) is 13.3. The molecular formula is C31H34FN3O3. The number of nitrogens with one attached hydrogen (secondary N) is 1. The zero-order valence-electron chi connectivity index (χ0n) is 21.7. The third-order valence-corrected chi connectivity index (χ3v) is 7.59. The highest BCUT2D eigenvalue weighted by Crippen LogP contribution is 2.44. The van der Waals surface area contributed by atoms with Crippen molar-refractivity contribution in [2.24, 2.45) is 0 Å². The minimum absolute atomic E-state index is 0.101. The van der Waals surface area contributed by atoms with Crippen molar-refractivity contribution in [3.63, 3.8) is 0 Å². The van der Waals surface area contributed by atoms with Crippen molar-refractivity contribution in [2.45, 2.75) is 37.8 Å². The largest absolute Gasteiger partial charge is 0.497 e.